The van der Waals surface area contributed by atoms with E-state index in [0.717, 1.165) is 38.5 Å². The van der Waals surface area contributed by atoms with Crippen LogP contribution in [0, 0.1) is 5.92 Å². The largest absolute Gasteiger partial charge is 0.378 e. The molecule has 0 bridgehead atoms. The SMILES string of the molecule is CS(=O)(=O)c1cnc(N2CCOCC2)nc1C1CCN(C(=O)C2CCCC2)CC1. The van der Waals surface area contributed by atoms with Gasteiger partial charge in [-0.3, -0.25) is 4.79 Å². The quantitative estimate of drug-likeness (QED) is 0.728. The molecule has 160 valence electrons. The van der Waals surface area contributed by atoms with Crippen molar-refractivity contribution in [3.63, 3.8) is 0 Å². The molecule has 1 saturated carbocycles. The first kappa shape index (κ1) is 20.5. The van der Waals surface area contributed by atoms with Gasteiger partial charge in [-0.25, -0.2) is 18.4 Å². The van der Waals surface area contributed by atoms with Gasteiger partial charge in [-0.2, -0.15) is 0 Å². The molecule has 3 heterocycles. The Morgan fingerprint density at radius 2 is 1.72 bits per heavy atom. The maximum atomic E-state index is 12.7. The van der Waals surface area contributed by atoms with Crippen molar-refractivity contribution in [2.75, 3.05) is 50.5 Å². The molecule has 0 spiro atoms. The average molecular weight is 423 g/mol. The first-order chi connectivity index (χ1) is 13.9. The highest BCUT2D eigenvalue weighted by atomic mass is 32.2. The Bertz CT molecular complexity index is 840. The fourth-order valence-corrected chi connectivity index (χ4v) is 5.51. The zero-order valence-electron chi connectivity index (χ0n) is 17.0. The highest BCUT2D eigenvalue weighted by Crippen LogP contribution is 2.34. The zero-order valence-corrected chi connectivity index (χ0v) is 17.9. The molecule has 0 radical (unpaired) electrons. The zero-order chi connectivity index (χ0) is 20.4. The van der Waals surface area contributed by atoms with Crippen LogP contribution in [-0.4, -0.2) is 74.8 Å². The number of rotatable bonds is 4. The highest BCUT2D eigenvalue weighted by molar-refractivity contribution is 7.90. The number of morpholine rings is 1. The maximum absolute atomic E-state index is 12.7. The maximum Gasteiger partial charge on any atom is 0.225 e. The van der Waals surface area contributed by atoms with Crippen LogP contribution in [0.1, 0.15) is 50.1 Å². The third kappa shape index (κ3) is 4.55. The van der Waals surface area contributed by atoms with Crippen molar-refractivity contribution in [1.29, 1.82) is 0 Å². The lowest BCUT2D eigenvalue weighted by molar-refractivity contribution is -0.136. The van der Waals surface area contributed by atoms with E-state index in [0.29, 0.717) is 51.0 Å². The van der Waals surface area contributed by atoms with Crippen LogP contribution in [0.5, 0.6) is 0 Å². The van der Waals surface area contributed by atoms with E-state index < -0.39 is 9.84 Å². The summed E-state index contributed by atoms with van der Waals surface area (Å²) in [6.45, 7) is 3.97. The van der Waals surface area contributed by atoms with Crippen LogP contribution in [0.3, 0.4) is 0 Å². The lowest BCUT2D eigenvalue weighted by Crippen LogP contribution is -2.41. The van der Waals surface area contributed by atoms with Crippen molar-refractivity contribution in [3.05, 3.63) is 11.9 Å². The first-order valence-corrected chi connectivity index (χ1v) is 12.5. The van der Waals surface area contributed by atoms with Gasteiger partial charge in [0.05, 0.1) is 25.1 Å². The van der Waals surface area contributed by atoms with Crippen molar-refractivity contribution in [1.82, 2.24) is 14.9 Å². The smallest absolute Gasteiger partial charge is 0.225 e. The predicted molar refractivity (Wildman–Crippen MR) is 109 cm³/mol. The van der Waals surface area contributed by atoms with Gasteiger partial charge in [-0.15, -0.1) is 0 Å². The van der Waals surface area contributed by atoms with E-state index in [1.165, 1.54) is 12.5 Å². The third-order valence-corrected chi connectivity index (χ3v) is 7.47. The van der Waals surface area contributed by atoms with Crippen LogP contribution in [-0.2, 0) is 19.4 Å². The minimum atomic E-state index is -3.42. The molecule has 29 heavy (non-hydrogen) atoms. The highest BCUT2D eigenvalue weighted by Gasteiger charge is 2.33. The molecule has 1 aliphatic carbocycles. The molecule has 0 atom stereocenters. The summed E-state index contributed by atoms with van der Waals surface area (Å²) in [6.07, 6.45) is 8.45. The average Bonchev–Trinajstić information content (AvgIpc) is 3.28. The van der Waals surface area contributed by atoms with E-state index >= 15 is 0 Å². The van der Waals surface area contributed by atoms with Crippen molar-refractivity contribution in [2.45, 2.75) is 49.3 Å². The molecular formula is C20H30N4O4S. The summed E-state index contributed by atoms with van der Waals surface area (Å²) < 4.78 is 30.1. The van der Waals surface area contributed by atoms with E-state index in [1.807, 2.05) is 9.80 Å². The van der Waals surface area contributed by atoms with E-state index in [9.17, 15) is 13.2 Å². The number of hydrogen-bond acceptors (Lipinski definition) is 7. The number of piperidine rings is 1. The fourth-order valence-electron chi connectivity index (χ4n) is 4.67. The van der Waals surface area contributed by atoms with Crippen molar-refractivity contribution < 1.29 is 17.9 Å². The number of aromatic nitrogens is 2. The molecule has 3 aliphatic rings. The van der Waals surface area contributed by atoms with E-state index in [-0.39, 0.29) is 22.6 Å². The number of nitrogens with zero attached hydrogens (tertiary/aromatic N) is 4. The molecule has 0 unspecified atom stereocenters. The van der Waals surface area contributed by atoms with Crippen LogP contribution in [0.25, 0.3) is 0 Å². The van der Waals surface area contributed by atoms with Gasteiger partial charge in [0.1, 0.15) is 4.90 Å². The second-order valence-corrected chi connectivity index (χ2v) is 10.4. The predicted octanol–water partition coefficient (Wildman–Crippen LogP) is 1.61. The van der Waals surface area contributed by atoms with Gasteiger partial charge in [-0.1, -0.05) is 12.8 Å². The van der Waals surface area contributed by atoms with E-state index in [4.69, 9.17) is 9.72 Å². The summed E-state index contributed by atoms with van der Waals surface area (Å²) in [7, 11) is -3.42. The Balaban J connectivity index is 1.52. The van der Waals surface area contributed by atoms with Gasteiger partial charge in [0.2, 0.25) is 11.9 Å². The van der Waals surface area contributed by atoms with Crippen molar-refractivity contribution >= 4 is 21.7 Å². The summed E-state index contributed by atoms with van der Waals surface area (Å²) in [5.41, 5.74) is 0.608. The number of amides is 1. The number of anilines is 1. The second-order valence-electron chi connectivity index (χ2n) is 8.37. The topological polar surface area (TPSA) is 92.7 Å². The Morgan fingerprint density at radius 3 is 2.34 bits per heavy atom. The molecule has 1 amide bonds. The molecule has 3 fully saturated rings. The number of carbonyl (C=O) groups excluding carboxylic acids is 1. The molecule has 4 rings (SSSR count). The summed E-state index contributed by atoms with van der Waals surface area (Å²) in [6, 6.07) is 0. The lowest BCUT2D eigenvalue weighted by atomic mass is 9.92. The van der Waals surface area contributed by atoms with Crippen molar-refractivity contribution in [2.24, 2.45) is 5.92 Å². The minimum Gasteiger partial charge on any atom is -0.378 e. The second kappa shape index (κ2) is 8.55. The third-order valence-electron chi connectivity index (χ3n) is 6.36. The van der Waals surface area contributed by atoms with E-state index in [2.05, 4.69) is 4.98 Å². The first-order valence-electron chi connectivity index (χ1n) is 10.6. The Kier molecular flexibility index (Phi) is 6.06. The van der Waals surface area contributed by atoms with Gasteiger partial charge in [0, 0.05) is 44.3 Å². The Hall–Kier alpha value is -1.74. The Labute approximate surface area is 172 Å². The number of hydrogen-bond donors (Lipinski definition) is 0. The van der Waals surface area contributed by atoms with Crippen LogP contribution in [0.15, 0.2) is 11.1 Å². The molecule has 1 aromatic heterocycles. The molecule has 2 aliphatic heterocycles. The fraction of sp³-hybridized carbons (Fsp3) is 0.750. The van der Waals surface area contributed by atoms with Crippen LogP contribution in [0.2, 0.25) is 0 Å². The van der Waals surface area contributed by atoms with Crippen LogP contribution in [0.4, 0.5) is 5.95 Å². The van der Waals surface area contributed by atoms with Crippen LogP contribution >= 0.6 is 0 Å². The number of sulfone groups is 1. The summed E-state index contributed by atoms with van der Waals surface area (Å²) >= 11 is 0. The molecule has 0 aromatic carbocycles. The Morgan fingerprint density at radius 1 is 1.07 bits per heavy atom. The molecule has 9 heteroatoms. The standard InChI is InChI=1S/C20H30N4O4S/c1-29(26,27)17-14-21-20(24-10-12-28-13-11-24)22-18(17)15-6-8-23(9-7-15)19(25)16-4-2-3-5-16/h14-16H,2-13H2,1H3. The molecule has 0 N–H and O–H groups in total. The summed E-state index contributed by atoms with van der Waals surface area (Å²) in [5.74, 6) is 1.06. The van der Waals surface area contributed by atoms with Gasteiger partial charge in [0.15, 0.2) is 9.84 Å². The number of likely N-dealkylation sites (tertiary alicyclic amines) is 1. The number of carbonyl (C=O) groups is 1. The molecule has 8 nitrogen and oxygen atoms in total. The monoisotopic (exact) mass is 422 g/mol. The normalized spacial score (nSPS) is 22.2. The lowest BCUT2D eigenvalue weighted by Gasteiger charge is -2.34. The van der Waals surface area contributed by atoms with E-state index in [1.54, 1.807) is 0 Å². The van der Waals surface area contributed by atoms with Gasteiger partial charge < -0.3 is 14.5 Å². The molecular weight excluding hydrogens is 392 g/mol. The molecule has 2 saturated heterocycles. The van der Waals surface area contributed by atoms with Crippen LogP contribution < -0.4 is 4.90 Å². The van der Waals surface area contributed by atoms with Gasteiger partial charge >= 0.3 is 0 Å². The minimum absolute atomic E-state index is 0.0233. The summed E-state index contributed by atoms with van der Waals surface area (Å²) in [4.78, 5) is 26.0. The number of ether oxygens (including phenoxy) is 1. The van der Waals surface area contributed by atoms with Gasteiger partial charge in [-0.05, 0) is 25.7 Å². The van der Waals surface area contributed by atoms with Crippen molar-refractivity contribution in [3.8, 4) is 0 Å². The molecule has 1 aromatic rings. The van der Waals surface area contributed by atoms with Gasteiger partial charge in [0.25, 0.3) is 0 Å². The summed E-state index contributed by atoms with van der Waals surface area (Å²) in [5, 5.41) is 0.